The van der Waals surface area contributed by atoms with E-state index in [1.807, 2.05) is 55.5 Å². The number of esters is 1. The highest BCUT2D eigenvalue weighted by Crippen LogP contribution is 2.29. The average Bonchev–Trinajstić information content (AvgIpc) is 2.97. The Balaban J connectivity index is 1.85. The zero-order chi connectivity index (χ0) is 16.9. The predicted octanol–water partition coefficient (Wildman–Crippen LogP) is 4.08. The van der Waals surface area contributed by atoms with Crippen molar-refractivity contribution in [3.05, 3.63) is 71.3 Å². The van der Waals surface area contributed by atoms with Crippen molar-refractivity contribution in [2.24, 2.45) is 0 Å². The monoisotopic (exact) mass is 322 g/mol. The Kier molecular flexibility index (Phi) is 4.66. The van der Waals surface area contributed by atoms with Gasteiger partial charge in [-0.25, -0.2) is 4.79 Å². The van der Waals surface area contributed by atoms with Crippen molar-refractivity contribution < 1.29 is 19.0 Å². The first-order valence-corrected chi connectivity index (χ1v) is 7.72. The number of ether oxygens (including phenoxy) is 3. The molecule has 0 atom stereocenters. The minimum atomic E-state index is -0.360. The lowest BCUT2D eigenvalue weighted by Gasteiger charge is -2.05. The summed E-state index contributed by atoms with van der Waals surface area (Å²) < 4.78 is 16.0. The van der Waals surface area contributed by atoms with Gasteiger partial charge in [0.05, 0.1) is 19.3 Å². The normalized spacial score (nSPS) is 15.2. The lowest BCUT2D eigenvalue weighted by molar-refractivity contribution is -0.130. The van der Waals surface area contributed by atoms with E-state index in [1.165, 1.54) is 0 Å². The van der Waals surface area contributed by atoms with E-state index in [0.717, 1.165) is 22.6 Å². The molecule has 0 bridgehead atoms. The number of carbonyl (C=O) groups excluding carboxylic acids is 1. The largest absolute Gasteiger partial charge is 0.497 e. The maximum absolute atomic E-state index is 12.1. The van der Waals surface area contributed by atoms with Crippen molar-refractivity contribution in [2.45, 2.75) is 6.92 Å². The molecule has 24 heavy (non-hydrogen) atoms. The molecule has 4 heteroatoms. The quantitative estimate of drug-likeness (QED) is 0.615. The number of methoxy groups -OCH3 is 1. The summed E-state index contributed by atoms with van der Waals surface area (Å²) in [6.07, 6.45) is 3.53. The van der Waals surface area contributed by atoms with Crippen LogP contribution in [0.25, 0.3) is 11.8 Å². The Hall–Kier alpha value is -3.01. The molecular formula is C20H18O4. The van der Waals surface area contributed by atoms with Gasteiger partial charge in [-0.15, -0.1) is 0 Å². The molecule has 0 amide bonds. The van der Waals surface area contributed by atoms with E-state index >= 15 is 0 Å². The van der Waals surface area contributed by atoms with Crippen LogP contribution in [0, 0.1) is 0 Å². The molecule has 0 saturated heterocycles. The van der Waals surface area contributed by atoms with Crippen LogP contribution in [0.4, 0.5) is 0 Å². The van der Waals surface area contributed by atoms with Gasteiger partial charge >= 0.3 is 5.97 Å². The Morgan fingerprint density at radius 2 is 1.88 bits per heavy atom. The van der Waals surface area contributed by atoms with Crippen LogP contribution in [-0.4, -0.2) is 19.7 Å². The minimum absolute atomic E-state index is 0.360. The number of carbonyl (C=O) groups is 1. The summed E-state index contributed by atoms with van der Waals surface area (Å²) >= 11 is 0. The van der Waals surface area contributed by atoms with Gasteiger partial charge < -0.3 is 14.2 Å². The number of cyclic esters (lactones) is 1. The molecule has 0 N–H and O–H groups in total. The van der Waals surface area contributed by atoms with Crippen molar-refractivity contribution in [3.63, 3.8) is 0 Å². The van der Waals surface area contributed by atoms with Crippen LogP contribution in [0.15, 0.2) is 60.2 Å². The Morgan fingerprint density at radius 1 is 1.08 bits per heavy atom. The molecule has 2 aromatic carbocycles. The Labute approximate surface area is 141 Å². The molecule has 1 aliphatic rings. The van der Waals surface area contributed by atoms with Crippen LogP contribution in [0.1, 0.15) is 18.1 Å². The zero-order valence-corrected chi connectivity index (χ0v) is 13.6. The van der Waals surface area contributed by atoms with Gasteiger partial charge in [0.15, 0.2) is 0 Å². The van der Waals surface area contributed by atoms with Gasteiger partial charge in [-0.3, -0.25) is 0 Å². The molecule has 1 aliphatic heterocycles. The van der Waals surface area contributed by atoms with E-state index < -0.39 is 0 Å². The molecular weight excluding hydrogens is 304 g/mol. The fraction of sp³-hybridized carbons (Fsp3) is 0.150. The number of rotatable bonds is 5. The molecule has 1 heterocycles. The highest BCUT2D eigenvalue weighted by Gasteiger charge is 2.22. The molecule has 3 rings (SSSR count). The predicted molar refractivity (Wildman–Crippen MR) is 92.7 cm³/mol. The molecule has 0 aromatic heterocycles. The smallest absolute Gasteiger partial charge is 0.343 e. The second kappa shape index (κ2) is 7.04. The maximum Gasteiger partial charge on any atom is 0.343 e. The van der Waals surface area contributed by atoms with Crippen LogP contribution < -0.4 is 9.47 Å². The SMILES string of the molecule is CCOc1ccc(C2=C/C(=C\c3cccc(OC)c3)C(=O)O2)cc1. The molecule has 0 radical (unpaired) electrons. The minimum Gasteiger partial charge on any atom is -0.497 e. The summed E-state index contributed by atoms with van der Waals surface area (Å²) in [7, 11) is 1.61. The Bertz CT molecular complexity index is 801. The first-order valence-electron chi connectivity index (χ1n) is 7.72. The first kappa shape index (κ1) is 15.9. The first-order chi connectivity index (χ1) is 11.7. The van der Waals surface area contributed by atoms with E-state index in [9.17, 15) is 4.79 Å². The van der Waals surface area contributed by atoms with E-state index in [1.54, 1.807) is 19.3 Å². The van der Waals surface area contributed by atoms with Gasteiger partial charge in [0.25, 0.3) is 0 Å². The molecule has 0 saturated carbocycles. The summed E-state index contributed by atoms with van der Waals surface area (Å²) in [4.78, 5) is 12.1. The molecule has 122 valence electrons. The maximum atomic E-state index is 12.1. The zero-order valence-electron chi connectivity index (χ0n) is 13.6. The van der Waals surface area contributed by atoms with Crippen LogP contribution >= 0.6 is 0 Å². The Morgan fingerprint density at radius 3 is 2.58 bits per heavy atom. The summed E-state index contributed by atoms with van der Waals surface area (Å²) in [5.74, 6) is 1.71. The van der Waals surface area contributed by atoms with E-state index in [-0.39, 0.29) is 5.97 Å². The van der Waals surface area contributed by atoms with Gasteiger partial charge in [0.2, 0.25) is 0 Å². The molecule has 0 fully saturated rings. The average molecular weight is 322 g/mol. The van der Waals surface area contributed by atoms with E-state index in [2.05, 4.69) is 0 Å². The third kappa shape index (κ3) is 3.49. The van der Waals surface area contributed by atoms with E-state index in [4.69, 9.17) is 14.2 Å². The fourth-order valence-corrected chi connectivity index (χ4v) is 2.42. The van der Waals surface area contributed by atoms with Crippen molar-refractivity contribution >= 4 is 17.8 Å². The van der Waals surface area contributed by atoms with Crippen LogP contribution in [-0.2, 0) is 9.53 Å². The fourth-order valence-electron chi connectivity index (χ4n) is 2.42. The third-order valence-corrected chi connectivity index (χ3v) is 3.59. The third-order valence-electron chi connectivity index (χ3n) is 3.59. The van der Waals surface area contributed by atoms with Crippen LogP contribution in [0.2, 0.25) is 0 Å². The molecule has 2 aromatic rings. The van der Waals surface area contributed by atoms with Crippen LogP contribution in [0.3, 0.4) is 0 Å². The topological polar surface area (TPSA) is 44.8 Å². The van der Waals surface area contributed by atoms with Crippen molar-refractivity contribution in [3.8, 4) is 11.5 Å². The van der Waals surface area contributed by atoms with Crippen molar-refractivity contribution in [1.82, 2.24) is 0 Å². The number of hydrogen-bond acceptors (Lipinski definition) is 4. The van der Waals surface area contributed by atoms with Gasteiger partial charge in [0.1, 0.15) is 17.3 Å². The van der Waals surface area contributed by atoms with Gasteiger partial charge in [-0.2, -0.15) is 0 Å². The summed E-state index contributed by atoms with van der Waals surface area (Å²) in [6, 6.07) is 15.0. The molecule has 0 aliphatic carbocycles. The van der Waals surface area contributed by atoms with Crippen LogP contribution in [0.5, 0.6) is 11.5 Å². The summed E-state index contributed by atoms with van der Waals surface area (Å²) in [5.41, 5.74) is 2.22. The second-order valence-corrected chi connectivity index (χ2v) is 5.23. The highest BCUT2D eigenvalue weighted by molar-refractivity contribution is 6.05. The lowest BCUT2D eigenvalue weighted by Crippen LogP contribution is -1.97. The molecule has 0 spiro atoms. The van der Waals surface area contributed by atoms with Crippen molar-refractivity contribution in [1.29, 1.82) is 0 Å². The van der Waals surface area contributed by atoms with Gasteiger partial charge in [-0.05, 0) is 61.0 Å². The number of hydrogen-bond donors (Lipinski definition) is 0. The standard InChI is InChI=1S/C20H18O4/c1-3-23-17-9-7-15(8-10-17)19-13-16(20(21)24-19)11-14-5-4-6-18(12-14)22-2/h4-13H,3H2,1-2H3/b16-11+. The van der Waals surface area contributed by atoms with Crippen molar-refractivity contribution in [2.75, 3.05) is 13.7 Å². The lowest BCUT2D eigenvalue weighted by atomic mass is 10.1. The summed E-state index contributed by atoms with van der Waals surface area (Å²) in [6.45, 7) is 2.55. The summed E-state index contributed by atoms with van der Waals surface area (Å²) in [5, 5.41) is 0. The second-order valence-electron chi connectivity index (χ2n) is 5.23. The van der Waals surface area contributed by atoms with Gasteiger partial charge in [0, 0.05) is 5.56 Å². The van der Waals surface area contributed by atoms with Gasteiger partial charge in [-0.1, -0.05) is 12.1 Å². The highest BCUT2D eigenvalue weighted by atomic mass is 16.5. The van der Waals surface area contributed by atoms with E-state index in [0.29, 0.717) is 17.9 Å². The molecule has 4 nitrogen and oxygen atoms in total. The number of benzene rings is 2. The molecule has 0 unspecified atom stereocenters.